The highest BCUT2D eigenvalue weighted by Gasteiger charge is 2.08. The molecule has 106 valence electrons. The second kappa shape index (κ2) is 8.85. The van der Waals surface area contributed by atoms with Crippen molar-refractivity contribution in [2.45, 2.75) is 6.42 Å². The fourth-order valence-electron chi connectivity index (χ4n) is 1.66. The van der Waals surface area contributed by atoms with Gasteiger partial charge in [0.25, 0.3) is 5.91 Å². The quantitative estimate of drug-likeness (QED) is 0.836. The van der Waals surface area contributed by atoms with E-state index >= 15 is 0 Å². The van der Waals surface area contributed by atoms with Gasteiger partial charge in [-0.3, -0.25) is 9.78 Å². The summed E-state index contributed by atoms with van der Waals surface area (Å²) in [5.74, 6) is -0.796. The molecule has 2 heterocycles. The van der Waals surface area contributed by atoms with E-state index in [0.717, 1.165) is 25.7 Å². The lowest BCUT2D eigenvalue weighted by atomic mass is 10.1. The van der Waals surface area contributed by atoms with Crippen molar-refractivity contribution in [1.29, 1.82) is 0 Å². The maximum Gasteiger partial charge on any atom is 0.253 e. The summed E-state index contributed by atoms with van der Waals surface area (Å²) in [5.41, 5.74) is 1.45. The summed E-state index contributed by atoms with van der Waals surface area (Å²) >= 11 is 0. The number of amides is 1. The molecule has 1 aliphatic rings. The van der Waals surface area contributed by atoms with Gasteiger partial charge in [0.2, 0.25) is 0 Å². The molecule has 0 unspecified atom stereocenters. The first-order valence-electron chi connectivity index (χ1n) is 5.53. The van der Waals surface area contributed by atoms with Crippen molar-refractivity contribution in [3.05, 3.63) is 41.5 Å². The Bertz CT molecular complexity index is 454. The largest absolute Gasteiger partial charge is 0.348 e. The topological polar surface area (TPSA) is 54.0 Å². The summed E-state index contributed by atoms with van der Waals surface area (Å²) in [5, 5.41) is 5.95. The summed E-state index contributed by atoms with van der Waals surface area (Å²) in [6, 6.07) is 1.18. The lowest BCUT2D eigenvalue weighted by molar-refractivity contribution is 0.0955. The van der Waals surface area contributed by atoms with Crippen LogP contribution in [0.3, 0.4) is 0 Å². The summed E-state index contributed by atoms with van der Waals surface area (Å²) in [6.45, 7) is 2.28. The van der Waals surface area contributed by atoms with Gasteiger partial charge in [-0.1, -0.05) is 11.6 Å². The number of rotatable bonds is 3. The fraction of sp³-hybridized carbons (Fsp3) is 0.333. The predicted octanol–water partition coefficient (Wildman–Crippen LogP) is 1.71. The Kier molecular flexibility index (Phi) is 8.30. The van der Waals surface area contributed by atoms with Crippen molar-refractivity contribution < 1.29 is 9.18 Å². The Balaban J connectivity index is 0.00000162. The van der Waals surface area contributed by atoms with Gasteiger partial charge in [0.05, 0.1) is 11.8 Å². The van der Waals surface area contributed by atoms with Crippen molar-refractivity contribution in [1.82, 2.24) is 15.6 Å². The van der Waals surface area contributed by atoms with Crippen LogP contribution in [0.5, 0.6) is 0 Å². The first-order valence-corrected chi connectivity index (χ1v) is 5.53. The molecule has 0 fully saturated rings. The van der Waals surface area contributed by atoms with Crippen LogP contribution in [0.15, 0.2) is 30.1 Å². The average Bonchev–Trinajstić information content (AvgIpc) is 2.37. The minimum atomic E-state index is -0.501. The molecule has 19 heavy (non-hydrogen) atoms. The van der Waals surface area contributed by atoms with E-state index in [2.05, 4.69) is 21.7 Å². The van der Waals surface area contributed by atoms with Crippen LogP contribution in [0.2, 0.25) is 0 Å². The van der Waals surface area contributed by atoms with Gasteiger partial charge < -0.3 is 10.6 Å². The number of nitrogens with zero attached hydrogens (tertiary/aromatic N) is 1. The lowest BCUT2D eigenvalue weighted by Crippen LogP contribution is -2.29. The van der Waals surface area contributed by atoms with E-state index in [0.29, 0.717) is 6.54 Å². The first kappa shape index (κ1) is 17.8. The molecule has 0 spiro atoms. The van der Waals surface area contributed by atoms with Gasteiger partial charge in [-0.15, -0.1) is 24.8 Å². The van der Waals surface area contributed by atoms with E-state index in [1.165, 1.54) is 17.8 Å². The minimum Gasteiger partial charge on any atom is -0.348 e. The molecule has 2 rings (SSSR count). The zero-order valence-electron chi connectivity index (χ0n) is 10.2. The number of carbonyl (C=O) groups is 1. The highest BCUT2D eigenvalue weighted by Crippen LogP contribution is 2.04. The van der Waals surface area contributed by atoms with Crippen LogP contribution in [0.4, 0.5) is 4.39 Å². The van der Waals surface area contributed by atoms with E-state index in [1.54, 1.807) is 0 Å². The third kappa shape index (κ3) is 5.55. The number of aromatic nitrogens is 1. The van der Waals surface area contributed by atoms with Gasteiger partial charge in [-0.25, -0.2) is 4.39 Å². The number of hydrogen-bond acceptors (Lipinski definition) is 3. The Labute approximate surface area is 123 Å². The molecule has 4 nitrogen and oxygen atoms in total. The Morgan fingerprint density at radius 2 is 2.21 bits per heavy atom. The second-order valence-corrected chi connectivity index (χ2v) is 3.89. The van der Waals surface area contributed by atoms with Crippen LogP contribution in [0.1, 0.15) is 16.8 Å². The molecule has 0 bridgehead atoms. The molecule has 0 atom stereocenters. The van der Waals surface area contributed by atoms with Crippen LogP contribution in [0, 0.1) is 5.82 Å². The van der Waals surface area contributed by atoms with Crippen LogP contribution in [-0.4, -0.2) is 30.5 Å². The molecular weight excluding hydrogens is 292 g/mol. The van der Waals surface area contributed by atoms with Crippen molar-refractivity contribution >= 4 is 30.7 Å². The molecule has 1 aliphatic heterocycles. The molecule has 1 aromatic heterocycles. The Morgan fingerprint density at radius 3 is 2.84 bits per heavy atom. The maximum atomic E-state index is 12.9. The van der Waals surface area contributed by atoms with Gasteiger partial charge >= 0.3 is 0 Å². The molecule has 1 aromatic rings. The predicted molar refractivity (Wildman–Crippen MR) is 76.6 cm³/mol. The van der Waals surface area contributed by atoms with Crippen LogP contribution < -0.4 is 10.6 Å². The number of hydrogen-bond donors (Lipinski definition) is 2. The van der Waals surface area contributed by atoms with Crippen molar-refractivity contribution in [2.24, 2.45) is 0 Å². The summed E-state index contributed by atoms with van der Waals surface area (Å²) < 4.78 is 12.9. The van der Waals surface area contributed by atoms with Gasteiger partial charge in [-0.2, -0.15) is 0 Å². The summed E-state index contributed by atoms with van der Waals surface area (Å²) in [6.07, 6.45) is 5.43. The Morgan fingerprint density at radius 1 is 1.42 bits per heavy atom. The average molecular weight is 308 g/mol. The van der Waals surface area contributed by atoms with Gasteiger partial charge in [-0.05, 0) is 19.0 Å². The minimum absolute atomic E-state index is 0. The van der Waals surface area contributed by atoms with E-state index < -0.39 is 5.82 Å². The number of nitrogens with one attached hydrogen (secondary N) is 2. The highest BCUT2D eigenvalue weighted by molar-refractivity contribution is 5.93. The van der Waals surface area contributed by atoms with E-state index in [4.69, 9.17) is 0 Å². The van der Waals surface area contributed by atoms with Crippen molar-refractivity contribution in [3.63, 3.8) is 0 Å². The third-order valence-electron chi connectivity index (χ3n) is 2.60. The first-order chi connectivity index (χ1) is 8.25. The zero-order chi connectivity index (χ0) is 12.1. The monoisotopic (exact) mass is 307 g/mol. The number of halogens is 3. The van der Waals surface area contributed by atoms with Crippen LogP contribution in [0.25, 0.3) is 0 Å². The molecule has 0 saturated heterocycles. The molecule has 7 heteroatoms. The molecule has 2 N–H and O–H groups in total. The molecule has 1 amide bonds. The smallest absolute Gasteiger partial charge is 0.253 e. The normalized spacial score (nSPS) is 13.6. The van der Waals surface area contributed by atoms with Crippen molar-refractivity contribution in [3.8, 4) is 0 Å². The van der Waals surface area contributed by atoms with E-state index in [-0.39, 0.29) is 36.3 Å². The third-order valence-corrected chi connectivity index (χ3v) is 2.60. The molecule has 0 aliphatic carbocycles. The van der Waals surface area contributed by atoms with Crippen molar-refractivity contribution in [2.75, 3.05) is 19.6 Å². The van der Waals surface area contributed by atoms with Gasteiger partial charge in [0.1, 0.15) is 5.82 Å². The second-order valence-electron chi connectivity index (χ2n) is 3.89. The van der Waals surface area contributed by atoms with E-state index in [1.807, 2.05) is 0 Å². The van der Waals surface area contributed by atoms with Gasteiger partial charge in [0.15, 0.2) is 0 Å². The standard InChI is InChI=1S/C12H14FN3O.2ClH/c13-11-5-10(7-15-8-11)12(17)16-6-9-1-3-14-4-2-9;;/h1,5,7-8,14H,2-4,6H2,(H,16,17);2*1H. The highest BCUT2D eigenvalue weighted by atomic mass is 35.5. The van der Waals surface area contributed by atoms with E-state index in [9.17, 15) is 9.18 Å². The van der Waals surface area contributed by atoms with Crippen LogP contribution >= 0.6 is 24.8 Å². The summed E-state index contributed by atoms with van der Waals surface area (Å²) in [4.78, 5) is 15.3. The molecule has 0 radical (unpaired) electrons. The Hall–Kier alpha value is -1.17. The van der Waals surface area contributed by atoms with Gasteiger partial charge in [0, 0.05) is 19.3 Å². The SMILES string of the molecule is Cl.Cl.O=C(NCC1=CCNCC1)c1cncc(F)c1. The fourth-order valence-corrected chi connectivity index (χ4v) is 1.66. The summed E-state index contributed by atoms with van der Waals surface area (Å²) in [7, 11) is 0. The molecular formula is C12H16Cl2FN3O. The molecule has 0 saturated carbocycles. The van der Waals surface area contributed by atoms with Crippen LogP contribution in [-0.2, 0) is 0 Å². The number of carbonyl (C=O) groups excluding carboxylic acids is 1. The maximum absolute atomic E-state index is 12.9. The number of pyridine rings is 1. The molecule has 0 aromatic carbocycles. The zero-order valence-corrected chi connectivity index (χ0v) is 11.8. The lowest BCUT2D eigenvalue weighted by Gasteiger charge is -2.14.